The second-order valence-corrected chi connectivity index (χ2v) is 11.6. The van der Waals surface area contributed by atoms with Crippen LogP contribution < -0.4 is 11.1 Å². The quantitative estimate of drug-likeness (QED) is 0.248. The van der Waals surface area contributed by atoms with Crippen LogP contribution in [0.5, 0.6) is 0 Å². The minimum atomic E-state index is -1.88. The summed E-state index contributed by atoms with van der Waals surface area (Å²) in [6, 6.07) is 9.27. The maximum absolute atomic E-state index is 16.9. The van der Waals surface area contributed by atoms with Gasteiger partial charge in [0.2, 0.25) is 11.6 Å². The molecule has 0 radical (unpaired) electrons. The highest BCUT2D eigenvalue weighted by molar-refractivity contribution is 5.86. The normalized spacial score (nSPS) is 22.0. The van der Waals surface area contributed by atoms with Crippen molar-refractivity contribution < 1.29 is 8.91 Å². The fraction of sp³-hybridized carbons (Fsp3) is 0.500. The van der Waals surface area contributed by atoms with Crippen molar-refractivity contribution >= 4 is 17.0 Å². The van der Waals surface area contributed by atoms with E-state index in [1.807, 2.05) is 22.8 Å². The molecule has 3 heterocycles. The van der Waals surface area contributed by atoms with Gasteiger partial charge >= 0.3 is 5.76 Å². The Morgan fingerprint density at radius 2 is 1.93 bits per heavy atom. The third kappa shape index (κ3) is 4.95. The van der Waals surface area contributed by atoms with Crippen LogP contribution in [0.3, 0.4) is 0 Å². The van der Waals surface area contributed by atoms with Gasteiger partial charge in [0.05, 0.1) is 0 Å². The van der Waals surface area contributed by atoms with Gasteiger partial charge in [-0.25, -0.2) is 24.1 Å². The molecule has 2 aliphatic carbocycles. The van der Waals surface area contributed by atoms with Crippen LogP contribution in [0.4, 0.5) is 10.2 Å². The minimum Gasteiger partial charge on any atom is -0.365 e. The Morgan fingerprint density at radius 3 is 2.55 bits per heavy atom. The average molecular weight is 546 g/mol. The zero-order chi connectivity index (χ0) is 27.9. The number of anilines is 1. The van der Waals surface area contributed by atoms with Gasteiger partial charge in [0.25, 0.3) is 0 Å². The number of hydrogen-bond acceptors (Lipinski definition) is 7. The molecule has 0 bridgehead atoms. The van der Waals surface area contributed by atoms with E-state index in [2.05, 4.69) is 40.0 Å². The first-order valence-electron chi connectivity index (χ1n) is 14.3. The van der Waals surface area contributed by atoms with Gasteiger partial charge in [0, 0.05) is 12.6 Å². The number of fused-ring (bicyclic) bond motifs is 1. The number of nitrogens with zero attached hydrogens (tertiary/aromatic N) is 5. The van der Waals surface area contributed by atoms with Crippen molar-refractivity contribution in [3.05, 3.63) is 64.9 Å². The first-order chi connectivity index (χ1) is 19.3. The van der Waals surface area contributed by atoms with Crippen molar-refractivity contribution in [1.29, 1.82) is 0 Å². The Hall–Kier alpha value is -3.82. The maximum Gasteiger partial charge on any atom is 0.439 e. The summed E-state index contributed by atoms with van der Waals surface area (Å²) < 4.78 is 23.6. The molecule has 0 saturated heterocycles. The van der Waals surface area contributed by atoms with E-state index in [-0.39, 0.29) is 17.7 Å². The molecule has 6 rings (SSSR count). The van der Waals surface area contributed by atoms with Crippen LogP contribution >= 0.6 is 0 Å². The van der Waals surface area contributed by atoms with Gasteiger partial charge < -0.3 is 9.88 Å². The lowest BCUT2D eigenvalue weighted by molar-refractivity contribution is 0.217. The number of imidazole rings is 1. The van der Waals surface area contributed by atoms with E-state index in [0.29, 0.717) is 52.7 Å². The molecule has 2 atom stereocenters. The molecule has 2 aliphatic rings. The highest BCUT2D eigenvalue weighted by atomic mass is 19.1. The van der Waals surface area contributed by atoms with Crippen LogP contribution in [0.25, 0.3) is 22.8 Å². The van der Waals surface area contributed by atoms with Crippen LogP contribution in [0.2, 0.25) is 0 Å². The Morgan fingerprint density at radius 1 is 1.18 bits per heavy atom. The number of allylic oxidation sites excluding steroid dienone is 1. The summed E-state index contributed by atoms with van der Waals surface area (Å²) in [6.45, 7) is 8.30. The second-order valence-electron chi connectivity index (χ2n) is 11.6. The van der Waals surface area contributed by atoms with Gasteiger partial charge in [-0.2, -0.15) is 0 Å². The Balaban J connectivity index is 1.51. The Bertz CT molecular complexity index is 1550. The number of H-pyrrole nitrogens is 1. The van der Waals surface area contributed by atoms with E-state index in [4.69, 9.17) is 14.5 Å². The standard InChI is InChI=1S/C30H36FN7O2/c1-4-19-13-15-20(16-14-19)17-38-23-24(32-18(2)21-9-8-10-21)33-26(27-36-29(39)40-37-27)34-25(23)35-28(38)30(3,31)22-11-6-5-7-12-22/h4-7,11-12,18-21H,1,8-10,13-17H2,2-3H3,(H,32,33,34)(H,36,37,39)/t18-,19-,20-,30?/m1/s1. The van der Waals surface area contributed by atoms with Crippen LogP contribution in [0.15, 0.2) is 52.3 Å². The third-order valence-corrected chi connectivity index (χ3v) is 8.88. The molecule has 2 fully saturated rings. The summed E-state index contributed by atoms with van der Waals surface area (Å²) >= 11 is 0. The number of rotatable bonds is 9. The summed E-state index contributed by atoms with van der Waals surface area (Å²) in [5.41, 5.74) is -0.332. The molecule has 0 aliphatic heterocycles. The van der Waals surface area contributed by atoms with E-state index in [1.54, 1.807) is 19.1 Å². The van der Waals surface area contributed by atoms with E-state index in [0.717, 1.165) is 38.5 Å². The van der Waals surface area contributed by atoms with Crippen molar-refractivity contribution in [3.8, 4) is 11.6 Å². The molecule has 9 nitrogen and oxygen atoms in total. The van der Waals surface area contributed by atoms with E-state index in [1.165, 1.54) is 6.42 Å². The molecule has 1 aromatic carbocycles. The van der Waals surface area contributed by atoms with Crippen molar-refractivity contribution in [3.63, 3.8) is 0 Å². The monoisotopic (exact) mass is 545 g/mol. The predicted octanol–water partition coefficient (Wildman–Crippen LogP) is 6.00. The van der Waals surface area contributed by atoms with E-state index in [9.17, 15) is 4.79 Å². The van der Waals surface area contributed by atoms with Gasteiger partial charge in [0.1, 0.15) is 5.52 Å². The molecule has 0 amide bonds. The van der Waals surface area contributed by atoms with Crippen molar-refractivity contribution in [2.24, 2.45) is 17.8 Å². The molecule has 10 heteroatoms. The Labute approximate surface area is 232 Å². The van der Waals surface area contributed by atoms with Gasteiger partial charge in [0.15, 0.2) is 23.0 Å². The molecule has 3 aromatic heterocycles. The lowest BCUT2D eigenvalue weighted by atomic mass is 9.80. The molecule has 1 unspecified atom stereocenters. The zero-order valence-electron chi connectivity index (χ0n) is 23.1. The van der Waals surface area contributed by atoms with Crippen molar-refractivity contribution in [2.75, 3.05) is 5.32 Å². The van der Waals surface area contributed by atoms with Crippen LogP contribution in [-0.4, -0.2) is 35.7 Å². The number of hydrogen-bond donors (Lipinski definition) is 2. The number of halogens is 1. The highest BCUT2D eigenvalue weighted by Crippen LogP contribution is 2.39. The molecule has 210 valence electrons. The molecule has 2 N–H and O–H groups in total. The van der Waals surface area contributed by atoms with Gasteiger partial charge in [-0.15, -0.1) is 6.58 Å². The third-order valence-electron chi connectivity index (χ3n) is 8.88. The summed E-state index contributed by atoms with van der Waals surface area (Å²) in [4.78, 5) is 28.5. The summed E-state index contributed by atoms with van der Waals surface area (Å²) in [6.07, 6.45) is 9.79. The molecule has 4 aromatic rings. The second kappa shape index (κ2) is 10.6. The largest absolute Gasteiger partial charge is 0.439 e. The molecule has 40 heavy (non-hydrogen) atoms. The van der Waals surface area contributed by atoms with Crippen LogP contribution in [0, 0.1) is 17.8 Å². The fourth-order valence-electron chi connectivity index (χ4n) is 6.12. The predicted molar refractivity (Wildman–Crippen MR) is 152 cm³/mol. The number of alkyl halides is 1. The van der Waals surface area contributed by atoms with Crippen molar-refractivity contribution in [2.45, 2.75) is 77.0 Å². The average Bonchev–Trinajstić information content (AvgIpc) is 3.53. The summed E-state index contributed by atoms with van der Waals surface area (Å²) in [5, 5.41) is 7.40. The smallest absolute Gasteiger partial charge is 0.365 e. The van der Waals surface area contributed by atoms with Crippen molar-refractivity contribution in [1.82, 2.24) is 29.7 Å². The molecule has 2 saturated carbocycles. The number of aromatic nitrogens is 6. The fourth-order valence-corrected chi connectivity index (χ4v) is 6.12. The van der Waals surface area contributed by atoms with Crippen LogP contribution in [-0.2, 0) is 12.2 Å². The molecule has 0 spiro atoms. The number of nitrogens with one attached hydrogen (secondary N) is 2. The topological polar surface area (TPSA) is 115 Å². The lowest BCUT2D eigenvalue weighted by Crippen LogP contribution is -2.31. The minimum absolute atomic E-state index is 0.108. The maximum atomic E-state index is 16.9. The molecular formula is C30H36FN7O2. The SMILES string of the molecule is C=C[C@H]1CC[C@H](Cn2c(C(C)(F)c3ccccc3)nc3nc(-c4noc(=O)[nH]4)nc(N[C@H](C)C4CCC4)c32)CC1. The van der Waals surface area contributed by atoms with E-state index < -0.39 is 11.4 Å². The molecular weight excluding hydrogens is 509 g/mol. The van der Waals surface area contributed by atoms with Crippen LogP contribution in [0.1, 0.15) is 70.2 Å². The summed E-state index contributed by atoms with van der Waals surface area (Å²) in [7, 11) is 0. The summed E-state index contributed by atoms with van der Waals surface area (Å²) in [5.74, 6) is 1.86. The first kappa shape index (κ1) is 26.4. The van der Waals surface area contributed by atoms with Gasteiger partial charge in [-0.1, -0.05) is 48.0 Å². The number of benzene rings is 1. The zero-order valence-corrected chi connectivity index (χ0v) is 23.1. The number of aromatic amines is 1. The van der Waals surface area contributed by atoms with E-state index >= 15 is 4.39 Å². The van der Waals surface area contributed by atoms with Gasteiger partial charge in [-0.3, -0.25) is 9.51 Å². The van der Waals surface area contributed by atoms with Gasteiger partial charge in [-0.05, 0) is 75.7 Å². The highest BCUT2D eigenvalue weighted by Gasteiger charge is 2.37. The lowest BCUT2D eigenvalue weighted by Gasteiger charge is -2.32. The first-order valence-corrected chi connectivity index (χ1v) is 14.3. The Kier molecular flexibility index (Phi) is 7.02.